The Hall–Kier alpha value is -3.26. The van der Waals surface area contributed by atoms with Crippen molar-refractivity contribution < 1.29 is 28.1 Å². The van der Waals surface area contributed by atoms with Crippen molar-refractivity contribution in [3.63, 3.8) is 0 Å². The highest BCUT2D eigenvalue weighted by atomic mass is 19.1. The summed E-state index contributed by atoms with van der Waals surface area (Å²) in [6.45, 7) is 3.32. The highest BCUT2D eigenvalue weighted by molar-refractivity contribution is 5.92. The van der Waals surface area contributed by atoms with E-state index in [4.69, 9.17) is 18.9 Å². The zero-order valence-electron chi connectivity index (χ0n) is 21.2. The van der Waals surface area contributed by atoms with Crippen molar-refractivity contribution in [2.45, 2.75) is 37.8 Å². The van der Waals surface area contributed by atoms with Crippen LogP contribution in [0.4, 0.5) is 4.39 Å². The SMILES string of the molecule is COc1cc(C=CC(=O)N2CCC(N3CCC(Oc4ccccc4F)CC3)CC2)cc(OC)c1OC. The predicted octanol–water partition coefficient (Wildman–Crippen LogP) is 4.40. The summed E-state index contributed by atoms with van der Waals surface area (Å²) in [4.78, 5) is 17.2. The molecular weight excluding hydrogens is 463 g/mol. The normalized spacial score (nSPS) is 17.8. The van der Waals surface area contributed by atoms with E-state index in [9.17, 15) is 9.18 Å². The third kappa shape index (κ3) is 6.10. The molecule has 2 aliphatic heterocycles. The zero-order chi connectivity index (χ0) is 25.5. The van der Waals surface area contributed by atoms with Gasteiger partial charge in [0.15, 0.2) is 23.1 Å². The number of benzene rings is 2. The molecule has 0 N–H and O–H groups in total. The van der Waals surface area contributed by atoms with Gasteiger partial charge in [-0.2, -0.15) is 0 Å². The van der Waals surface area contributed by atoms with Crippen LogP contribution in [0.2, 0.25) is 0 Å². The van der Waals surface area contributed by atoms with Crippen molar-refractivity contribution in [1.82, 2.24) is 9.80 Å². The van der Waals surface area contributed by atoms with Crippen LogP contribution >= 0.6 is 0 Å². The molecule has 0 bridgehead atoms. The summed E-state index contributed by atoms with van der Waals surface area (Å²) in [5.74, 6) is 1.65. The summed E-state index contributed by atoms with van der Waals surface area (Å²) in [7, 11) is 4.70. The van der Waals surface area contributed by atoms with Crippen molar-refractivity contribution in [2.75, 3.05) is 47.5 Å². The van der Waals surface area contributed by atoms with E-state index in [0.29, 0.717) is 29.0 Å². The number of methoxy groups -OCH3 is 3. The lowest BCUT2D eigenvalue weighted by Gasteiger charge is -2.41. The molecule has 0 spiro atoms. The molecule has 0 aliphatic carbocycles. The number of hydrogen-bond donors (Lipinski definition) is 0. The van der Waals surface area contributed by atoms with Crippen molar-refractivity contribution in [3.05, 3.63) is 53.9 Å². The number of likely N-dealkylation sites (tertiary alicyclic amines) is 2. The molecule has 2 saturated heterocycles. The Morgan fingerprint density at radius 2 is 1.53 bits per heavy atom. The van der Waals surface area contributed by atoms with E-state index < -0.39 is 0 Å². The third-order valence-electron chi connectivity index (χ3n) is 7.00. The molecule has 0 atom stereocenters. The fraction of sp³-hybridized carbons (Fsp3) is 0.464. The molecule has 0 aromatic heterocycles. The maximum atomic E-state index is 13.9. The average molecular weight is 499 g/mol. The van der Waals surface area contributed by atoms with E-state index >= 15 is 0 Å². The first-order valence-corrected chi connectivity index (χ1v) is 12.4. The Bertz CT molecular complexity index is 1030. The van der Waals surface area contributed by atoms with Gasteiger partial charge < -0.3 is 23.8 Å². The predicted molar refractivity (Wildman–Crippen MR) is 136 cm³/mol. The topological polar surface area (TPSA) is 60.5 Å². The largest absolute Gasteiger partial charge is 0.493 e. The highest BCUT2D eigenvalue weighted by Crippen LogP contribution is 2.38. The van der Waals surface area contributed by atoms with E-state index in [-0.39, 0.29) is 17.8 Å². The van der Waals surface area contributed by atoms with Crippen LogP contribution in [-0.4, -0.2) is 75.4 Å². The van der Waals surface area contributed by atoms with Crippen molar-refractivity contribution in [2.24, 2.45) is 0 Å². The Kier molecular flexibility index (Phi) is 8.70. The standard InChI is InChI=1S/C28H35FN2O5/c1-33-25-18-20(19-26(34-2)28(25)35-3)8-9-27(32)31-14-10-21(11-15-31)30-16-12-22(13-17-30)36-24-7-5-4-6-23(24)29/h4-9,18-19,21-22H,10-17H2,1-3H3. The van der Waals surface area contributed by atoms with Gasteiger partial charge in [0.2, 0.25) is 11.7 Å². The molecule has 36 heavy (non-hydrogen) atoms. The van der Waals surface area contributed by atoms with Crippen molar-refractivity contribution in [1.29, 1.82) is 0 Å². The number of hydrogen-bond acceptors (Lipinski definition) is 6. The van der Waals surface area contributed by atoms with Crippen molar-refractivity contribution in [3.8, 4) is 23.0 Å². The number of piperidine rings is 2. The van der Waals surface area contributed by atoms with Crippen LogP contribution in [0.1, 0.15) is 31.2 Å². The van der Waals surface area contributed by atoms with Crippen LogP contribution in [0.25, 0.3) is 6.08 Å². The quantitative estimate of drug-likeness (QED) is 0.503. The Balaban J connectivity index is 1.25. The lowest BCUT2D eigenvalue weighted by molar-refractivity contribution is -0.127. The van der Waals surface area contributed by atoms with Gasteiger partial charge in [0.25, 0.3) is 0 Å². The second-order valence-corrected chi connectivity index (χ2v) is 9.13. The number of halogens is 1. The van der Waals surface area contributed by atoms with Gasteiger partial charge in [0.05, 0.1) is 21.3 Å². The van der Waals surface area contributed by atoms with Crippen LogP contribution in [0.3, 0.4) is 0 Å². The Morgan fingerprint density at radius 3 is 2.11 bits per heavy atom. The minimum absolute atomic E-state index is 0.000743. The van der Waals surface area contributed by atoms with Crippen molar-refractivity contribution >= 4 is 12.0 Å². The number of amides is 1. The number of nitrogens with zero attached hydrogens (tertiary/aromatic N) is 2. The molecule has 2 aromatic rings. The molecule has 7 nitrogen and oxygen atoms in total. The number of rotatable bonds is 8. The van der Waals surface area contributed by atoms with Gasteiger partial charge in [-0.25, -0.2) is 4.39 Å². The van der Waals surface area contributed by atoms with E-state index in [2.05, 4.69) is 4.90 Å². The number of ether oxygens (including phenoxy) is 4. The molecule has 4 rings (SSSR count). The van der Waals surface area contributed by atoms with Gasteiger partial charge in [0.1, 0.15) is 6.10 Å². The first kappa shape index (κ1) is 25.8. The summed E-state index contributed by atoms with van der Waals surface area (Å²) in [5, 5.41) is 0. The molecule has 2 aromatic carbocycles. The van der Waals surface area contributed by atoms with Gasteiger partial charge in [-0.05, 0) is 61.6 Å². The molecule has 194 valence electrons. The second kappa shape index (κ2) is 12.1. The second-order valence-electron chi connectivity index (χ2n) is 9.13. The summed E-state index contributed by atoms with van der Waals surface area (Å²) >= 11 is 0. The van der Waals surface area contributed by atoms with Crippen LogP contribution in [0, 0.1) is 5.82 Å². The van der Waals surface area contributed by atoms with Gasteiger partial charge in [-0.15, -0.1) is 0 Å². The van der Waals surface area contributed by atoms with Crippen LogP contribution < -0.4 is 18.9 Å². The number of carbonyl (C=O) groups is 1. The van der Waals surface area contributed by atoms with E-state index in [1.807, 2.05) is 17.0 Å². The first-order valence-electron chi connectivity index (χ1n) is 12.4. The van der Waals surface area contributed by atoms with E-state index in [1.165, 1.54) is 6.07 Å². The molecule has 2 heterocycles. The highest BCUT2D eigenvalue weighted by Gasteiger charge is 2.30. The Morgan fingerprint density at radius 1 is 0.889 bits per heavy atom. The monoisotopic (exact) mass is 498 g/mol. The van der Waals surface area contributed by atoms with Gasteiger partial charge in [0, 0.05) is 38.3 Å². The third-order valence-corrected chi connectivity index (χ3v) is 7.00. The minimum Gasteiger partial charge on any atom is -0.493 e. The fourth-order valence-electron chi connectivity index (χ4n) is 5.00. The van der Waals surface area contributed by atoms with Gasteiger partial charge >= 0.3 is 0 Å². The molecule has 8 heteroatoms. The molecular formula is C28H35FN2O5. The molecule has 0 unspecified atom stereocenters. The smallest absolute Gasteiger partial charge is 0.246 e. The summed E-state index contributed by atoms with van der Waals surface area (Å²) in [6.07, 6.45) is 7.08. The average Bonchev–Trinajstić information content (AvgIpc) is 2.92. The lowest BCUT2D eigenvalue weighted by Crippen LogP contribution is -2.49. The molecule has 1 amide bonds. The van der Waals surface area contributed by atoms with Crippen LogP contribution in [-0.2, 0) is 4.79 Å². The summed E-state index contributed by atoms with van der Waals surface area (Å²) < 4.78 is 35.9. The van der Waals surface area contributed by atoms with Gasteiger partial charge in [-0.3, -0.25) is 9.69 Å². The number of carbonyl (C=O) groups excluding carboxylic acids is 1. The summed E-state index contributed by atoms with van der Waals surface area (Å²) in [5.41, 5.74) is 0.799. The molecule has 0 radical (unpaired) electrons. The summed E-state index contributed by atoms with van der Waals surface area (Å²) in [6, 6.07) is 10.7. The Labute approximate surface area is 212 Å². The molecule has 0 saturated carbocycles. The van der Waals surface area contributed by atoms with Crippen LogP contribution in [0.15, 0.2) is 42.5 Å². The maximum absolute atomic E-state index is 13.9. The van der Waals surface area contributed by atoms with E-state index in [1.54, 1.807) is 51.7 Å². The van der Waals surface area contributed by atoms with Gasteiger partial charge in [-0.1, -0.05) is 12.1 Å². The number of para-hydroxylation sites is 1. The van der Waals surface area contributed by atoms with E-state index in [0.717, 1.165) is 57.4 Å². The molecule has 2 fully saturated rings. The zero-order valence-corrected chi connectivity index (χ0v) is 21.2. The maximum Gasteiger partial charge on any atom is 0.246 e. The molecule has 2 aliphatic rings. The minimum atomic E-state index is -0.309. The van der Waals surface area contributed by atoms with Crippen LogP contribution in [0.5, 0.6) is 23.0 Å². The lowest BCUT2D eigenvalue weighted by atomic mass is 9.98. The first-order chi connectivity index (χ1) is 17.5. The fourth-order valence-corrected chi connectivity index (χ4v) is 5.00.